The summed E-state index contributed by atoms with van der Waals surface area (Å²) in [6.45, 7) is 10.8. The first kappa shape index (κ1) is 16.2. The topological polar surface area (TPSA) is 29.9 Å². The molecule has 21 heavy (non-hydrogen) atoms. The van der Waals surface area contributed by atoms with Gasteiger partial charge in [0.2, 0.25) is 0 Å². The van der Waals surface area contributed by atoms with Gasteiger partial charge in [0.1, 0.15) is 0 Å². The van der Waals surface area contributed by atoms with Gasteiger partial charge in [-0.2, -0.15) is 5.10 Å². The van der Waals surface area contributed by atoms with Crippen molar-refractivity contribution < 1.29 is 0 Å². The Bertz CT molecular complexity index is 587. The lowest BCUT2D eigenvalue weighted by molar-refractivity contribution is 0.549. The van der Waals surface area contributed by atoms with E-state index in [0.29, 0.717) is 11.8 Å². The van der Waals surface area contributed by atoms with Crippen molar-refractivity contribution in [2.75, 3.05) is 6.54 Å². The van der Waals surface area contributed by atoms with Crippen molar-refractivity contribution in [3.8, 4) is 5.69 Å². The molecule has 114 valence electrons. The third kappa shape index (κ3) is 4.17. The Kier molecular flexibility index (Phi) is 5.59. The molecule has 0 bridgehead atoms. The number of halogens is 1. The molecule has 1 heterocycles. The van der Waals surface area contributed by atoms with Crippen LogP contribution in [0.5, 0.6) is 0 Å². The smallest absolute Gasteiger partial charge is 0.0660 e. The van der Waals surface area contributed by atoms with Crippen molar-refractivity contribution in [2.45, 2.75) is 40.2 Å². The summed E-state index contributed by atoms with van der Waals surface area (Å²) in [5, 5.41) is 8.11. The summed E-state index contributed by atoms with van der Waals surface area (Å²) in [7, 11) is 0. The van der Waals surface area contributed by atoms with E-state index in [0.717, 1.165) is 23.2 Å². The van der Waals surface area contributed by atoms with Crippen molar-refractivity contribution in [1.29, 1.82) is 0 Å². The second kappa shape index (κ2) is 7.23. The molecular formula is C17H24BrN3. The summed E-state index contributed by atoms with van der Waals surface area (Å²) in [6, 6.07) is 8.27. The molecule has 0 radical (unpaired) electrons. The Hall–Kier alpha value is -1.13. The number of hydrogen-bond acceptors (Lipinski definition) is 2. The van der Waals surface area contributed by atoms with Gasteiger partial charge in [0, 0.05) is 16.6 Å². The molecule has 0 aliphatic rings. The predicted molar refractivity (Wildman–Crippen MR) is 91.9 cm³/mol. The normalized spacial score (nSPS) is 11.6. The molecule has 0 fully saturated rings. The van der Waals surface area contributed by atoms with E-state index in [1.807, 2.05) is 18.3 Å². The van der Waals surface area contributed by atoms with Crippen LogP contribution in [0.2, 0.25) is 0 Å². The van der Waals surface area contributed by atoms with Crippen LogP contribution in [0.15, 0.2) is 34.9 Å². The first-order valence-corrected chi connectivity index (χ1v) is 8.31. The average Bonchev–Trinajstić information content (AvgIpc) is 2.82. The Morgan fingerprint density at radius 1 is 1.24 bits per heavy atom. The first-order chi connectivity index (χ1) is 9.99. The van der Waals surface area contributed by atoms with Crippen LogP contribution in [0.3, 0.4) is 0 Å². The zero-order valence-electron chi connectivity index (χ0n) is 13.2. The minimum atomic E-state index is 0.433. The van der Waals surface area contributed by atoms with Gasteiger partial charge in [0.15, 0.2) is 0 Å². The van der Waals surface area contributed by atoms with Gasteiger partial charge in [-0.1, -0.05) is 49.7 Å². The summed E-state index contributed by atoms with van der Waals surface area (Å²) in [5.74, 6) is 1.09. The van der Waals surface area contributed by atoms with Gasteiger partial charge in [-0.3, -0.25) is 0 Å². The van der Waals surface area contributed by atoms with Gasteiger partial charge in [-0.15, -0.1) is 0 Å². The largest absolute Gasteiger partial charge is 0.312 e. The molecule has 2 rings (SSSR count). The Morgan fingerprint density at radius 2 is 2.00 bits per heavy atom. The summed E-state index contributed by atoms with van der Waals surface area (Å²) < 4.78 is 3.13. The zero-order chi connectivity index (χ0) is 15.4. The molecule has 0 amide bonds. The highest BCUT2D eigenvalue weighted by atomic mass is 79.9. The third-order valence-electron chi connectivity index (χ3n) is 3.35. The zero-order valence-corrected chi connectivity index (χ0v) is 14.8. The monoisotopic (exact) mass is 349 g/mol. The number of aromatic nitrogens is 2. The Labute approximate surface area is 135 Å². The maximum absolute atomic E-state index is 4.60. The maximum atomic E-state index is 4.60. The highest BCUT2D eigenvalue weighted by Crippen LogP contribution is 2.24. The highest BCUT2D eigenvalue weighted by Gasteiger charge is 2.15. The van der Waals surface area contributed by atoms with E-state index < -0.39 is 0 Å². The predicted octanol–water partition coefficient (Wildman–Crippen LogP) is 4.50. The number of hydrogen-bond donors (Lipinski definition) is 1. The summed E-state index contributed by atoms with van der Waals surface area (Å²) in [4.78, 5) is 0. The third-order valence-corrected chi connectivity index (χ3v) is 3.85. The van der Waals surface area contributed by atoms with Crippen LogP contribution in [0, 0.1) is 5.92 Å². The number of nitrogens with zero attached hydrogens (tertiary/aromatic N) is 2. The molecule has 0 aliphatic heterocycles. The molecule has 2 aromatic rings. The lowest BCUT2D eigenvalue weighted by atomic mass is 10.1. The Balaban J connectivity index is 2.28. The quantitative estimate of drug-likeness (QED) is 0.831. The van der Waals surface area contributed by atoms with Crippen LogP contribution in [-0.4, -0.2) is 16.3 Å². The molecule has 1 N–H and O–H groups in total. The first-order valence-electron chi connectivity index (χ1n) is 7.52. The SMILES string of the molecule is CC(C)CNCc1cnn(-c2cccc(Br)c2)c1C(C)C. The minimum Gasteiger partial charge on any atom is -0.312 e. The fourth-order valence-electron chi connectivity index (χ4n) is 2.45. The van der Waals surface area contributed by atoms with Crippen molar-refractivity contribution in [3.63, 3.8) is 0 Å². The van der Waals surface area contributed by atoms with E-state index in [2.05, 4.69) is 70.9 Å². The van der Waals surface area contributed by atoms with Gasteiger partial charge in [0.05, 0.1) is 17.6 Å². The number of benzene rings is 1. The lowest BCUT2D eigenvalue weighted by Gasteiger charge is -2.14. The van der Waals surface area contributed by atoms with Gasteiger partial charge in [0.25, 0.3) is 0 Å². The molecule has 1 aromatic carbocycles. The van der Waals surface area contributed by atoms with Crippen LogP contribution < -0.4 is 5.32 Å². The summed E-state index contributed by atoms with van der Waals surface area (Å²) in [5.41, 5.74) is 3.66. The molecule has 3 nitrogen and oxygen atoms in total. The highest BCUT2D eigenvalue weighted by molar-refractivity contribution is 9.10. The molecule has 1 aromatic heterocycles. The molecule has 0 aliphatic carbocycles. The van der Waals surface area contributed by atoms with Crippen molar-refractivity contribution >= 4 is 15.9 Å². The van der Waals surface area contributed by atoms with E-state index in [1.165, 1.54) is 11.3 Å². The van der Waals surface area contributed by atoms with Crippen LogP contribution in [-0.2, 0) is 6.54 Å². The van der Waals surface area contributed by atoms with E-state index in [9.17, 15) is 0 Å². The Morgan fingerprint density at radius 3 is 2.62 bits per heavy atom. The molecule has 0 saturated carbocycles. The van der Waals surface area contributed by atoms with Crippen LogP contribution in [0.4, 0.5) is 0 Å². The molecule has 0 unspecified atom stereocenters. The van der Waals surface area contributed by atoms with E-state index in [1.54, 1.807) is 0 Å². The maximum Gasteiger partial charge on any atom is 0.0660 e. The lowest BCUT2D eigenvalue weighted by Crippen LogP contribution is -2.20. The molecule has 0 atom stereocenters. The van der Waals surface area contributed by atoms with Crippen LogP contribution in [0.1, 0.15) is 44.9 Å². The summed E-state index contributed by atoms with van der Waals surface area (Å²) >= 11 is 3.53. The second-order valence-electron chi connectivity index (χ2n) is 6.13. The minimum absolute atomic E-state index is 0.433. The summed E-state index contributed by atoms with van der Waals surface area (Å²) in [6.07, 6.45) is 1.99. The van der Waals surface area contributed by atoms with E-state index in [-0.39, 0.29) is 0 Å². The second-order valence-corrected chi connectivity index (χ2v) is 7.04. The fraction of sp³-hybridized carbons (Fsp3) is 0.471. The van der Waals surface area contributed by atoms with Crippen LogP contribution >= 0.6 is 15.9 Å². The fourth-order valence-corrected chi connectivity index (χ4v) is 2.84. The van der Waals surface area contributed by atoms with Crippen molar-refractivity contribution in [1.82, 2.24) is 15.1 Å². The molecule has 0 saturated heterocycles. The van der Waals surface area contributed by atoms with Gasteiger partial charge >= 0.3 is 0 Å². The standard InChI is InChI=1S/C17H24BrN3/c1-12(2)9-19-10-14-11-20-21(17(14)13(3)4)16-7-5-6-15(18)8-16/h5-8,11-13,19H,9-10H2,1-4H3. The van der Waals surface area contributed by atoms with Crippen LogP contribution in [0.25, 0.3) is 5.69 Å². The van der Waals surface area contributed by atoms with Gasteiger partial charge in [-0.05, 0) is 36.6 Å². The number of rotatable bonds is 6. The molecule has 0 spiro atoms. The van der Waals surface area contributed by atoms with E-state index in [4.69, 9.17) is 0 Å². The molecule has 4 heteroatoms. The average molecular weight is 350 g/mol. The van der Waals surface area contributed by atoms with Gasteiger partial charge < -0.3 is 5.32 Å². The number of nitrogens with one attached hydrogen (secondary N) is 1. The van der Waals surface area contributed by atoms with Crippen molar-refractivity contribution in [2.24, 2.45) is 5.92 Å². The van der Waals surface area contributed by atoms with Crippen molar-refractivity contribution in [3.05, 3.63) is 46.2 Å². The van der Waals surface area contributed by atoms with E-state index >= 15 is 0 Å². The van der Waals surface area contributed by atoms with Gasteiger partial charge in [-0.25, -0.2) is 4.68 Å². The molecular weight excluding hydrogens is 326 g/mol.